The average Bonchev–Trinajstić information content (AvgIpc) is 2.33. The van der Waals surface area contributed by atoms with Crippen LogP contribution in [0.1, 0.15) is 6.92 Å². The molecule has 1 N–H and O–H groups in total. The van der Waals surface area contributed by atoms with E-state index in [0.717, 1.165) is 0 Å². The number of nitrogens with one attached hydrogen (secondary N) is 1. The maximum atomic E-state index is 11.4. The zero-order valence-electron chi connectivity index (χ0n) is 10.5. The zero-order valence-corrected chi connectivity index (χ0v) is 12.8. The first-order valence-electron chi connectivity index (χ1n) is 5.98. The van der Waals surface area contributed by atoms with Crippen molar-refractivity contribution in [1.29, 1.82) is 0 Å². The van der Waals surface area contributed by atoms with E-state index in [9.17, 15) is 8.42 Å². The van der Waals surface area contributed by atoms with Crippen molar-refractivity contribution in [2.45, 2.75) is 6.92 Å². The summed E-state index contributed by atoms with van der Waals surface area (Å²) in [7, 11) is -2.92. The molecule has 0 radical (unpaired) electrons. The number of rotatable bonds is 3. The molecule has 0 aliphatic carbocycles. The molecule has 1 aliphatic heterocycles. The largest absolute Gasteiger partial charge is 0.369 e. The summed E-state index contributed by atoms with van der Waals surface area (Å²) in [6, 6.07) is 1.63. The molecule has 8 heteroatoms. The zero-order chi connectivity index (χ0) is 14.0. The van der Waals surface area contributed by atoms with Crippen LogP contribution in [-0.4, -0.2) is 44.5 Å². The molecule has 106 valence electrons. The molecular formula is C11H15Cl2N3O2S. The Morgan fingerprint density at radius 3 is 2.53 bits per heavy atom. The Hall–Kier alpha value is -0.720. The van der Waals surface area contributed by atoms with Crippen LogP contribution in [0.4, 0.5) is 11.6 Å². The van der Waals surface area contributed by atoms with E-state index >= 15 is 0 Å². The van der Waals surface area contributed by atoms with Gasteiger partial charge in [-0.3, -0.25) is 0 Å². The summed E-state index contributed by atoms with van der Waals surface area (Å²) in [5.74, 6) is 1.41. The number of halogens is 2. The highest BCUT2D eigenvalue weighted by molar-refractivity contribution is 7.91. The van der Waals surface area contributed by atoms with Gasteiger partial charge in [-0.25, -0.2) is 13.4 Å². The SMILES string of the molecule is CCNc1nc(N2CCS(=O)(=O)CC2)c(Cl)cc1Cl. The third-order valence-corrected chi connectivity index (χ3v) is 5.07. The van der Waals surface area contributed by atoms with Gasteiger partial charge in [-0.2, -0.15) is 0 Å². The van der Waals surface area contributed by atoms with Crippen LogP contribution in [0.25, 0.3) is 0 Å². The summed E-state index contributed by atoms with van der Waals surface area (Å²) in [6.45, 7) is 3.45. The van der Waals surface area contributed by atoms with Gasteiger partial charge < -0.3 is 10.2 Å². The van der Waals surface area contributed by atoms with Crippen LogP contribution < -0.4 is 10.2 Å². The maximum Gasteiger partial charge on any atom is 0.153 e. The van der Waals surface area contributed by atoms with Crippen LogP contribution in [0.2, 0.25) is 10.0 Å². The van der Waals surface area contributed by atoms with Gasteiger partial charge in [-0.15, -0.1) is 0 Å². The lowest BCUT2D eigenvalue weighted by Crippen LogP contribution is -2.40. The molecule has 1 aromatic heterocycles. The van der Waals surface area contributed by atoms with Gasteiger partial charge in [0.1, 0.15) is 11.6 Å². The monoisotopic (exact) mass is 323 g/mol. The highest BCUT2D eigenvalue weighted by Gasteiger charge is 2.24. The molecule has 0 atom stereocenters. The number of sulfone groups is 1. The number of anilines is 2. The standard InChI is InChI=1S/C11H15Cl2N3O2S/c1-2-14-10-8(12)7-9(13)11(15-10)16-3-5-19(17,18)6-4-16/h7H,2-6H2,1H3,(H,14,15). The molecule has 19 heavy (non-hydrogen) atoms. The molecule has 0 unspecified atom stereocenters. The van der Waals surface area contributed by atoms with E-state index in [4.69, 9.17) is 23.2 Å². The third kappa shape index (κ3) is 3.43. The molecular weight excluding hydrogens is 309 g/mol. The van der Waals surface area contributed by atoms with Crippen molar-refractivity contribution in [2.24, 2.45) is 0 Å². The van der Waals surface area contributed by atoms with Gasteiger partial charge in [0.25, 0.3) is 0 Å². The molecule has 1 aromatic rings. The van der Waals surface area contributed by atoms with E-state index in [2.05, 4.69) is 10.3 Å². The van der Waals surface area contributed by atoms with Crippen molar-refractivity contribution in [2.75, 3.05) is 41.4 Å². The minimum Gasteiger partial charge on any atom is -0.369 e. The van der Waals surface area contributed by atoms with E-state index in [1.54, 1.807) is 6.07 Å². The lowest BCUT2D eigenvalue weighted by atomic mass is 10.3. The van der Waals surface area contributed by atoms with Crippen LogP contribution in [-0.2, 0) is 9.84 Å². The summed E-state index contributed by atoms with van der Waals surface area (Å²) in [6.07, 6.45) is 0. The first-order chi connectivity index (χ1) is 8.93. The molecule has 0 aromatic carbocycles. The van der Waals surface area contributed by atoms with Crippen molar-refractivity contribution < 1.29 is 8.42 Å². The molecule has 0 amide bonds. The molecule has 2 heterocycles. The normalized spacial score (nSPS) is 18.4. The first kappa shape index (κ1) is 14.7. The molecule has 0 saturated carbocycles. The van der Waals surface area contributed by atoms with Crippen molar-refractivity contribution >= 4 is 44.7 Å². The topological polar surface area (TPSA) is 62.3 Å². The lowest BCUT2D eigenvalue weighted by Gasteiger charge is -2.28. The second-order valence-electron chi connectivity index (χ2n) is 4.29. The van der Waals surface area contributed by atoms with E-state index in [1.807, 2.05) is 11.8 Å². The van der Waals surface area contributed by atoms with Gasteiger partial charge >= 0.3 is 0 Å². The summed E-state index contributed by atoms with van der Waals surface area (Å²) < 4.78 is 22.8. The number of nitrogens with zero attached hydrogens (tertiary/aromatic N) is 2. The molecule has 5 nitrogen and oxygen atoms in total. The van der Waals surface area contributed by atoms with E-state index in [-0.39, 0.29) is 11.5 Å². The Morgan fingerprint density at radius 2 is 1.95 bits per heavy atom. The predicted octanol–water partition coefficient (Wildman–Crippen LogP) is 2.05. The number of aromatic nitrogens is 1. The van der Waals surface area contributed by atoms with Gasteiger partial charge in [-0.1, -0.05) is 23.2 Å². The lowest BCUT2D eigenvalue weighted by molar-refractivity contribution is 0.586. The summed E-state index contributed by atoms with van der Waals surface area (Å²) in [5.41, 5.74) is 0. The molecule has 1 aliphatic rings. The van der Waals surface area contributed by atoms with Crippen LogP contribution in [0, 0.1) is 0 Å². The number of hydrogen-bond acceptors (Lipinski definition) is 5. The number of pyridine rings is 1. The smallest absolute Gasteiger partial charge is 0.153 e. The summed E-state index contributed by atoms with van der Waals surface area (Å²) >= 11 is 12.2. The third-order valence-electron chi connectivity index (χ3n) is 2.90. The molecule has 1 saturated heterocycles. The second-order valence-corrected chi connectivity index (χ2v) is 7.41. The molecule has 0 bridgehead atoms. The summed E-state index contributed by atoms with van der Waals surface area (Å²) in [5, 5.41) is 3.95. The maximum absolute atomic E-state index is 11.4. The minimum absolute atomic E-state index is 0.129. The Morgan fingerprint density at radius 1 is 1.32 bits per heavy atom. The van der Waals surface area contributed by atoms with Gasteiger partial charge in [0.05, 0.1) is 21.6 Å². The molecule has 0 spiro atoms. The van der Waals surface area contributed by atoms with Crippen molar-refractivity contribution in [3.05, 3.63) is 16.1 Å². The van der Waals surface area contributed by atoms with Crippen LogP contribution >= 0.6 is 23.2 Å². The average molecular weight is 324 g/mol. The second kappa shape index (κ2) is 5.73. The molecule has 2 rings (SSSR count). The fourth-order valence-corrected chi connectivity index (χ4v) is 3.64. The Bertz CT molecular complexity index is 564. The highest BCUT2D eigenvalue weighted by atomic mass is 35.5. The van der Waals surface area contributed by atoms with Crippen molar-refractivity contribution in [1.82, 2.24) is 4.98 Å². The number of hydrogen-bond donors (Lipinski definition) is 1. The fraction of sp³-hybridized carbons (Fsp3) is 0.545. The van der Waals surface area contributed by atoms with Crippen LogP contribution in [0.5, 0.6) is 0 Å². The quantitative estimate of drug-likeness (QED) is 0.922. The van der Waals surface area contributed by atoms with E-state index in [1.165, 1.54) is 0 Å². The van der Waals surface area contributed by atoms with Crippen LogP contribution in [0.15, 0.2) is 6.07 Å². The van der Waals surface area contributed by atoms with Gasteiger partial charge in [-0.05, 0) is 13.0 Å². The predicted molar refractivity (Wildman–Crippen MR) is 79.3 cm³/mol. The Labute approximate surface area is 122 Å². The van der Waals surface area contributed by atoms with Gasteiger partial charge in [0.15, 0.2) is 9.84 Å². The summed E-state index contributed by atoms with van der Waals surface area (Å²) in [4.78, 5) is 6.26. The van der Waals surface area contributed by atoms with Crippen molar-refractivity contribution in [3.63, 3.8) is 0 Å². The first-order valence-corrected chi connectivity index (χ1v) is 8.56. The fourth-order valence-electron chi connectivity index (χ4n) is 1.89. The highest BCUT2D eigenvalue weighted by Crippen LogP contribution is 2.32. The minimum atomic E-state index is -2.92. The van der Waals surface area contributed by atoms with Gasteiger partial charge in [0, 0.05) is 19.6 Å². The van der Waals surface area contributed by atoms with Crippen molar-refractivity contribution in [3.8, 4) is 0 Å². The Kier molecular flexibility index (Phi) is 4.43. The Balaban J connectivity index is 2.27. The van der Waals surface area contributed by atoms with Gasteiger partial charge in [0.2, 0.25) is 0 Å². The molecule has 1 fully saturated rings. The van der Waals surface area contributed by atoms with E-state index in [0.29, 0.717) is 41.3 Å². The van der Waals surface area contributed by atoms with E-state index < -0.39 is 9.84 Å². The van der Waals surface area contributed by atoms with Crippen LogP contribution in [0.3, 0.4) is 0 Å².